The molecule has 5 heterocycles. The zero-order valence-corrected chi connectivity index (χ0v) is 45.6. The first-order valence-corrected chi connectivity index (χ1v) is 26.4. The molecule has 0 N–H and O–H groups in total. The third-order valence-electron chi connectivity index (χ3n) is 15.8. The van der Waals surface area contributed by atoms with E-state index in [4.69, 9.17) is 9.72 Å². The summed E-state index contributed by atoms with van der Waals surface area (Å²) in [6.07, 6.45) is 2.07. The van der Waals surface area contributed by atoms with Gasteiger partial charge in [-0.2, -0.15) is 0 Å². The van der Waals surface area contributed by atoms with Crippen molar-refractivity contribution < 1.29 is 4.74 Å². The first-order valence-electron chi connectivity index (χ1n) is 26.4. The van der Waals surface area contributed by atoms with E-state index >= 15 is 0 Å². The Morgan fingerprint density at radius 1 is 0.493 bits per heavy atom. The fraction of sp³-hybridized carbons (Fsp3) is 0.294. The van der Waals surface area contributed by atoms with E-state index in [-0.39, 0.29) is 21.7 Å². The maximum Gasteiger partial charge on any atom is 0.188 e. The second kappa shape index (κ2) is 16.9. The fourth-order valence-corrected chi connectivity index (χ4v) is 11.5. The second-order valence-electron chi connectivity index (χ2n) is 25.5. The van der Waals surface area contributed by atoms with Crippen LogP contribution in [0.3, 0.4) is 0 Å². The highest BCUT2D eigenvalue weighted by Gasteiger charge is 2.64. The predicted octanol–water partition coefficient (Wildman–Crippen LogP) is 19.0. The Morgan fingerprint density at radius 3 is 1.79 bits per heavy atom. The van der Waals surface area contributed by atoms with Crippen molar-refractivity contribution in [1.82, 2.24) is 18.5 Å². The van der Waals surface area contributed by atoms with Gasteiger partial charge in [0.25, 0.3) is 0 Å². The molecule has 0 unspecified atom stereocenters. The quantitative estimate of drug-likeness (QED) is 0.112. The van der Waals surface area contributed by atoms with E-state index in [1.807, 2.05) is 0 Å². The van der Waals surface area contributed by atoms with Crippen molar-refractivity contribution in [2.45, 2.75) is 125 Å². The van der Waals surface area contributed by atoms with Gasteiger partial charge in [0.2, 0.25) is 0 Å². The van der Waals surface area contributed by atoms with Crippen LogP contribution in [0.25, 0.3) is 49.9 Å². The lowest BCUT2D eigenvalue weighted by Gasteiger charge is -2.56. The first-order chi connectivity index (χ1) is 34.4. The molecule has 73 heavy (non-hydrogen) atoms. The molecule has 7 aromatic carbocycles. The van der Waals surface area contributed by atoms with Crippen LogP contribution >= 0.6 is 0 Å². The Labute approximate surface area is 434 Å². The molecule has 2 aromatic heterocycles. The summed E-state index contributed by atoms with van der Waals surface area (Å²) in [5.41, 5.74) is 19.0. The molecule has 5 heteroatoms. The number of benzene rings is 7. The minimum absolute atomic E-state index is 0.0190. The third-order valence-corrected chi connectivity index (χ3v) is 15.8. The van der Waals surface area contributed by atoms with Gasteiger partial charge in [-0.25, -0.2) is 4.98 Å². The summed E-state index contributed by atoms with van der Waals surface area (Å²) < 4.78 is 10.6. The molecule has 5 nitrogen and oxygen atoms in total. The fourth-order valence-electron chi connectivity index (χ4n) is 11.5. The normalized spacial score (nSPS) is 17.8. The lowest BCUT2D eigenvalue weighted by Crippen LogP contribution is -2.67. The van der Waals surface area contributed by atoms with Crippen molar-refractivity contribution >= 4 is 44.6 Å². The Kier molecular flexibility index (Phi) is 11.2. The van der Waals surface area contributed by atoms with Crippen LogP contribution in [0.2, 0.25) is 0 Å². The topological polar surface area (TPSA) is 27.1 Å². The molecular formula is C68H73N4O+. The standard InChI is InChI=1S/C68H73N4O/c1-44(2)58-40-63(69-41-59(58)45-28-30-47(31-29-45)65(3,4)5)70-60-26-16-15-24-56(60)57-33-32-54(39-61(57)70)73-53-23-18-22-51(38-53)71-42-72(43-71,52-36-49(67(9,10)11)35-50(37-52)68(12,13)14)64-55(25-19-27-62(64)71)46-20-17-21-48(34-46)66(6,7)8/h15-42,44H,43H2,1-14H3/q+1/t71-,72+/m1/s1. The van der Waals surface area contributed by atoms with Crippen LogP contribution in [0.15, 0.2) is 164 Å². The van der Waals surface area contributed by atoms with Crippen molar-refractivity contribution in [3.63, 3.8) is 0 Å². The Balaban J connectivity index is 1.00. The van der Waals surface area contributed by atoms with Crippen molar-refractivity contribution in [2.75, 3.05) is 6.67 Å². The number of nitrogens with zero attached hydrogens (tertiary/aromatic N) is 4. The van der Waals surface area contributed by atoms with Gasteiger partial charge in [-0.15, -0.1) is 0 Å². The van der Waals surface area contributed by atoms with Gasteiger partial charge in [0.15, 0.2) is 18.0 Å². The maximum atomic E-state index is 6.99. The summed E-state index contributed by atoms with van der Waals surface area (Å²) in [4.78, 5) is 5.23. The van der Waals surface area contributed by atoms with Gasteiger partial charge in [0.05, 0.1) is 17.7 Å². The molecule has 0 radical (unpaired) electrons. The average Bonchev–Trinajstić information content (AvgIpc) is 3.94. The molecule has 2 bridgehead atoms. The van der Waals surface area contributed by atoms with Crippen LogP contribution in [-0.4, -0.2) is 16.2 Å². The van der Waals surface area contributed by atoms with E-state index in [0.29, 0.717) is 14.9 Å². The van der Waals surface area contributed by atoms with Crippen LogP contribution in [0.4, 0.5) is 22.7 Å². The molecule has 0 aliphatic carbocycles. The van der Waals surface area contributed by atoms with E-state index in [1.165, 1.54) is 78.2 Å². The highest BCUT2D eigenvalue weighted by molar-refractivity contribution is 6.09. The van der Waals surface area contributed by atoms with Gasteiger partial charge in [-0.1, -0.05) is 182 Å². The zero-order chi connectivity index (χ0) is 51.6. The monoisotopic (exact) mass is 962 g/mol. The molecule has 370 valence electrons. The van der Waals surface area contributed by atoms with Crippen LogP contribution in [0, 0.1) is 6.67 Å². The highest BCUT2D eigenvalue weighted by Crippen LogP contribution is 2.68. The Hall–Kier alpha value is -6.79. The number of pyridine rings is 1. The van der Waals surface area contributed by atoms with Crippen molar-refractivity contribution in [3.05, 3.63) is 198 Å². The zero-order valence-electron chi connectivity index (χ0n) is 45.6. The second-order valence-corrected chi connectivity index (χ2v) is 25.5. The molecule has 1 fully saturated rings. The van der Waals surface area contributed by atoms with Crippen molar-refractivity contribution in [1.29, 1.82) is 0 Å². The third kappa shape index (κ3) is 8.20. The molecule has 12 rings (SSSR count). The molecule has 0 spiro atoms. The van der Waals surface area contributed by atoms with Gasteiger partial charge < -0.3 is 4.74 Å². The van der Waals surface area contributed by atoms with Gasteiger partial charge in [0, 0.05) is 58.4 Å². The first kappa shape index (κ1) is 48.5. The van der Waals surface area contributed by atoms with Gasteiger partial charge in [0.1, 0.15) is 28.7 Å². The number of rotatable bonds is 8. The number of aromatic nitrogens is 2. The van der Waals surface area contributed by atoms with E-state index in [2.05, 4.69) is 272 Å². The molecule has 0 amide bonds. The maximum absolute atomic E-state index is 6.99. The molecule has 0 saturated carbocycles. The number of hydrogen-bond donors (Lipinski definition) is 0. The summed E-state index contributed by atoms with van der Waals surface area (Å²) in [6, 6.07) is 59.0. The van der Waals surface area contributed by atoms with Gasteiger partial charge in [-0.05, 0) is 109 Å². The summed E-state index contributed by atoms with van der Waals surface area (Å²) in [5.74, 6) is 2.78. The molecule has 9 aromatic rings. The average molecular weight is 962 g/mol. The molecule has 2 atom stereocenters. The number of hydrogen-bond acceptors (Lipinski definition) is 2. The molecule has 1 saturated heterocycles. The minimum atomic E-state index is -0.0190. The van der Waals surface area contributed by atoms with E-state index in [9.17, 15) is 0 Å². The van der Waals surface area contributed by atoms with Gasteiger partial charge >= 0.3 is 0 Å². The number of fused-ring (bicyclic) bond motifs is 3. The smallest absolute Gasteiger partial charge is 0.188 e. The Bertz CT molecular complexity index is 3580. The molecular weight excluding hydrogens is 889 g/mol. The number of ether oxygens (including phenoxy) is 1. The van der Waals surface area contributed by atoms with E-state index in [0.717, 1.165) is 40.4 Å². The number of para-hydroxylation sites is 2. The van der Waals surface area contributed by atoms with Crippen LogP contribution < -0.4 is 13.7 Å². The summed E-state index contributed by atoms with van der Waals surface area (Å²) >= 11 is 0. The minimum Gasteiger partial charge on any atom is -0.457 e. The van der Waals surface area contributed by atoms with Crippen LogP contribution in [0.5, 0.6) is 11.5 Å². The summed E-state index contributed by atoms with van der Waals surface area (Å²) in [6.45, 7) is 35.7. The van der Waals surface area contributed by atoms with Crippen LogP contribution in [0.1, 0.15) is 131 Å². The highest BCUT2D eigenvalue weighted by atomic mass is 16.5. The lowest BCUT2D eigenvalue weighted by molar-refractivity contribution is 0.187. The summed E-state index contributed by atoms with van der Waals surface area (Å²) in [5, 5.41) is 2.35. The predicted molar refractivity (Wildman–Crippen MR) is 310 cm³/mol. The summed E-state index contributed by atoms with van der Waals surface area (Å²) in [7, 11) is 0. The van der Waals surface area contributed by atoms with Crippen molar-refractivity contribution in [2.24, 2.45) is 0 Å². The van der Waals surface area contributed by atoms with E-state index < -0.39 is 0 Å². The van der Waals surface area contributed by atoms with Crippen molar-refractivity contribution in [3.8, 4) is 39.6 Å². The lowest BCUT2D eigenvalue weighted by atomic mass is 9.80. The van der Waals surface area contributed by atoms with E-state index in [1.54, 1.807) is 0 Å². The SMILES string of the molecule is CC(C)c1cc(-n2c3ccccc3c3ccc(Oc4cccc([N@@+]56[CH-][N@@+](c7cc(C(C)(C)C)cc(C(C)(C)C)c7)(C5)c5c(-c7cccc(C(C)(C)C)c7)cccc56)c4)cc32)ncc1-c1ccc(C(C)(C)C)cc1. The molecule has 3 aliphatic rings. The molecule has 3 aliphatic heterocycles. The van der Waals surface area contributed by atoms with Gasteiger partial charge in [-0.3, -0.25) is 13.5 Å². The largest absolute Gasteiger partial charge is 0.457 e. The van der Waals surface area contributed by atoms with Crippen LogP contribution in [-0.2, 0) is 21.7 Å². The Morgan fingerprint density at radius 2 is 1.12 bits per heavy atom. The number of quaternary nitrogens is 2.